The number of rotatable bonds is 8. The molecule has 0 amide bonds. The van der Waals surface area contributed by atoms with E-state index < -0.39 is 0 Å². The van der Waals surface area contributed by atoms with E-state index in [9.17, 15) is 0 Å². The Morgan fingerprint density at radius 2 is 1.79 bits per heavy atom. The maximum atomic E-state index is 6.05. The number of nitrogen functional groups attached to an aromatic ring is 1. The van der Waals surface area contributed by atoms with Crippen molar-refractivity contribution in [2.45, 2.75) is 12.8 Å². The zero-order valence-electron chi connectivity index (χ0n) is 21.3. The Morgan fingerprint density at radius 3 is 2.61 bits per heavy atom. The predicted octanol–water partition coefficient (Wildman–Crippen LogP) is 3.72. The van der Waals surface area contributed by atoms with E-state index in [2.05, 4.69) is 31.2 Å². The molecule has 2 aliphatic heterocycles. The van der Waals surface area contributed by atoms with Crippen molar-refractivity contribution in [2.75, 3.05) is 68.5 Å². The SMILES string of the molecule is Nc1ccc(-c2cc(Nc3cnc4ccc(OCCN5CCCC5)cc4c3)nc(N3CCOCC3)n2)cn1. The highest BCUT2D eigenvalue weighted by Crippen LogP contribution is 2.27. The fourth-order valence-electron chi connectivity index (χ4n) is 4.82. The molecule has 0 aliphatic carbocycles. The number of likely N-dealkylation sites (tertiary alicyclic amines) is 1. The molecular weight excluding hydrogens is 480 g/mol. The quantitative estimate of drug-likeness (QED) is 0.362. The van der Waals surface area contributed by atoms with Crippen LogP contribution in [0.15, 0.2) is 54.9 Å². The number of hydrogen-bond acceptors (Lipinski definition) is 10. The Balaban J connectivity index is 1.24. The van der Waals surface area contributed by atoms with Crippen LogP contribution >= 0.6 is 0 Å². The van der Waals surface area contributed by atoms with E-state index in [1.807, 2.05) is 36.5 Å². The van der Waals surface area contributed by atoms with Gasteiger partial charge in [-0.05, 0) is 62.3 Å². The van der Waals surface area contributed by atoms with Crippen LogP contribution in [0.1, 0.15) is 12.8 Å². The normalized spacial score (nSPS) is 16.2. The average molecular weight is 513 g/mol. The molecule has 4 aromatic rings. The minimum atomic E-state index is 0.469. The van der Waals surface area contributed by atoms with E-state index in [0.717, 1.165) is 53.2 Å². The third-order valence-corrected chi connectivity index (χ3v) is 6.89. The first-order valence-corrected chi connectivity index (χ1v) is 13.2. The van der Waals surface area contributed by atoms with Crippen LogP contribution < -0.4 is 20.7 Å². The number of fused-ring (bicyclic) bond motifs is 1. The first-order valence-electron chi connectivity index (χ1n) is 13.2. The molecule has 2 fully saturated rings. The third kappa shape index (κ3) is 5.76. The van der Waals surface area contributed by atoms with Crippen LogP contribution in [0.2, 0.25) is 0 Å². The van der Waals surface area contributed by atoms with Crippen molar-refractivity contribution in [2.24, 2.45) is 0 Å². The number of pyridine rings is 2. The standard InChI is InChI=1S/C28H32N8O2/c29-26-6-3-20(18-31-26)25-17-27(34-28(33-25)36-10-12-37-13-11-36)32-22-15-21-16-23(4-5-24(21)30-19-22)38-14-9-35-7-1-2-8-35/h3-6,15-19H,1-2,7-14H2,(H2,29,31)(H,32,33,34). The van der Waals surface area contributed by atoms with Gasteiger partial charge in [0.2, 0.25) is 5.95 Å². The van der Waals surface area contributed by atoms with E-state index in [0.29, 0.717) is 37.4 Å². The molecule has 38 heavy (non-hydrogen) atoms. The Kier molecular flexibility index (Phi) is 7.14. The molecule has 10 nitrogen and oxygen atoms in total. The number of ether oxygens (including phenoxy) is 2. The van der Waals surface area contributed by atoms with Crippen LogP contribution in [0, 0.1) is 0 Å². The van der Waals surface area contributed by atoms with Gasteiger partial charge >= 0.3 is 0 Å². The molecule has 196 valence electrons. The van der Waals surface area contributed by atoms with Crippen LogP contribution in [0.5, 0.6) is 5.75 Å². The van der Waals surface area contributed by atoms with Crippen molar-refractivity contribution >= 4 is 34.2 Å². The summed E-state index contributed by atoms with van der Waals surface area (Å²) in [6.45, 7) is 6.77. The van der Waals surface area contributed by atoms with Gasteiger partial charge in [0.15, 0.2) is 0 Å². The molecule has 0 spiro atoms. The minimum Gasteiger partial charge on any atom is -0.492 e. The molecule has 5 heterocycles. The van der Waals surface area contributed by atoms with Crippen molar-refractivity contribution < 1.29 is 9.47 Å². The monoisotopic (exact) mass is 512 g/mol. The second kappa shape index (κ2) is 11.2. The number of nitrogens with one attached hydrogen (secondary N) is 1. The zero-order valence-corrected chi connectivity index (χ0v) is 21.3. The maximum absolute atomic E-state index is 6.05. The summed E-state index contributed by atoms with van der Waals surface area (Å²) in [5.74, 6) is 2.64. The number of benzene rings is 1. The first kappa shape index (κ1) is 24.3. The molecule has 6 rings (SSSR count). The van der Waals surface area contributed by atoms with Crippen molar-refractivity contribution in [1.29, 1.82) is 0 Å². The lowest BCUT2D eigenvalue weighted by Gasteiger charge is -2.27. The molecule has 0 atom stereocenters. The van der Waals surface area contributed by atoms with Gasteiger partial charge in [0, 0.05) is 42.8 Å². The van der Waals surface area contributed by atoms with Gasteiger partial charge in [-0.25, -0.2) is 9.97 Å². The van der Waals surface area contributed by atoms with Crippen LogP contribution in [0.3, 0.4) is 0 Å². The summed E-state index contributed by atoms with van der Waals surface area (Å²) in [4.78, 5) is 23.1. The Bertz CT molecular complexity index is 1390. The van der Waals surface area contributed by atoms with E-state index in [-0.39, 0.29) is 0 Å². The lowest BCUT2D eigenvalue weighted by Crippen LogP contribution is -2.37. The highest BCUT2D eigenvalue weighted by Gasteiger charge is 2.17. The second-order valence-electron chi connectivity index (χ2n) is 9.61. The van der Waals surface area contributed by atoms with Crippen LogP contribution in [-0.2, 0) is 4.74 Å². The second-order valence-corrected chi connectivity index (χ2v) is 9.61. The van der Waals surface area contributed by atoms with Crippen LogP contribution in [-0.4, -0.2) is 77.4 Å². The van der Waals surface area contributed by atoms with Gasteiger partial charge < -0.3 is 25.4 Å². The number of nitrogens with two attached hydrogens (primary N) is 1. The summed E-state index contributed by atoms with van der Waals surface area (Å²) < 4.78 is 11.6. The van der Waals surface area contributed by atoms with Gasteiger partial charge in [-0.2, -0.15) is 4.98 Å². The Labute approximate surface area is 221 Å². The predicted molar refractivity (Wildman–Crippen MR) is 149 cm³/mol. The van der Waals surface area contributed by atoms with E-state index in [1.54, 1.807) is 12.3 Å². The summed E-state index contributed by atoms with van der Waals surface area (Å²) in [7, 11) is 0. The van der Waals surface area contributed by atoms with E-state index in [4.69, 9.17) is 25.2 Å². The lowest BCUT2D eigenvalue weighted by molar-refractivity contribution is 0.122. The number of morpholine rings is 1. The zero-order chi connectivity index (χ0) is 25.7. The number of aromatic nitrogens is 4. The molecule has 0 saturated carbocycles. The molecule has 3 aromatic heterocycles. The van der Waals surface area contributed by atoms with E-state index in [1.165, 1.54) is 25.9 Å². The van der Waals surface area contributed by atoms with Gasteiger partial charge in [0.1, 0.15) is 24.0 Å². The third-order valence-electron chi connectivity index (χ3n) is 6.89. The summed E-state index contributed by atoms with van der Waals surface area (Å²) in [6.07, 6.45) is 6.12. The largest absolute Gasteiger partial charge is 0.492 e. The number of nitrogens with zero attached hydrogens (tertiary/aromatic N) is 6. The minimum absolute atomic E-state index is 0.469. The molecule has 2 aliphatic rings. The fourth-order valence-corrected chi connectivity index (χ4v) is 4.82. The summed E-state index contributed by atoms with van der Waals surface area (Å²) in [5.41, 5.74) is 9.17. The van der Waals surface area contributed by atoms with Gasteiger partial charge in [-0.3, -0.25) is 9.88 Å². The van der Waals surface area contributed by atoms with Gasteiger partial charge in [-0.15, -0.1) is 0 Å². The van der Waals surface area contributed by atoms with Crippen molar-refractivity contribution in [3.63, 3.8) is 0 Å². The van der Waals surface area contributed by atoms with Gasteiger partial charge in [-0.1, -0.05) is 0 Å². The van der Waals surface area contributed by atoms with Crippen LogP contribution in [0.25, 0.3) is 22.2 Å². The van der Waals surface area contributed by atoms with E-state index >= 15 is 0 Å². The van der Waals surface area contributed by atoms with Crippen LogP contribution in [0.4, 0.5) is 23.3 Å². The highest BCUT2D eigenvalue weighted by atomic mass is 16.5. The van der Waals surface area contributed by atoms with Gasteiger partial charge in [0.05, 0.1) is 36.3 Å². The number of anilines is 4. The van der Waals surface area contributed by atoms with Crippen molar-refractivity contribution in [3.05, 3.63) is 54.9 Å². The van der Waals surface area contributed by atoms with Gasteiger partial charge in [0.25, 0.3) is 0 Å². The summed E-state index contributed by atoms with van der Waals surface area (Å²) in [5, 5.41) is 4.43. The Morgan fingerprint density at radius 1 is 0.921 bits per heavy atom. The first-order chi connectivity index (χ1) is 18.7. The summed E-state index contributed by atoms with van der Waals surface area (Å²) in [6, 6.07) is 13.7. The molecule has 0 unspecified atom stereocenters. The maximum Gasteiger partial charge on any atom is 0.228 e. The highest BCUT2D eigenvalue weighted by molar-refractivity contribution is 5.84. The lowest BCUT2D eigenvalue weighted by atomic mass is 10.2. The van der Waals surface area contributed by atoms with Crippen molar-refractivity contribution in [1.82, 2.24) is 24.8 Å². The Hall–Kier alpha value is -4.02. The molecule has 10 heteroatoms. The molecule has 2 saturated heterocycles. The summed E-state index contributed by atoms with van der Waals surface area (Å²) >= 11 is 0. The fraction of sp³-hybridized carbons (Fsp3) is 0.357. The molecule has 1 aromatic carbocycles. The smallest absolute Gasteiger partial charge is 0.228 e. The van der Waals surface area contributed by atoms with Crippen molar-refractivity contribution in [3.8, 4) is 17.0 Å². The molecule has 0 radical (unpaired) electrons. The molecular formula is C28H32N8O2. The molecule has 0 bridgehead atoms. The molecule has 3 N–H and O–H groups in total. The topological polar surface area (TPSA) is 115 Å². The number of hydrogen-bond donors (Lipinski definition) is 2. The average Bonchev–Trinajstić information content (AvgIpc) is 3.47.